The highest BCUT2D eigenvalue weighted by atomic mass is 14.6. The molecule has 1 heteroatoms. The minimum absolute atomic E-state index is 0.0759. The molecule has 0 rings (SSSR count). The molecule has 0 aliphatic heterocycles. The van der Waals surface area contributed by atoms with Gasteiger partial charge < -0.3 is 0 Å². The van der Waals surface area contributed by atoms with E-state index in [1.807, 2.05) is 12.3 Å². The average Bonchev–Trinajstić information content (AvgIpc) is 2.03. The Morgan fingerprint density at radius 1 is 1.50 bits per heavy atom. The molecule has 0 aliphatic rings. The van der Waals surface area contributed by atoms with Crippen molar-refractivity contribution in [3.05, 3.63) is 24.3 Å². The normalized spacial score (nSPS) is 13.8. The SMILES string of the molecule is C=CC(C)(C)/C=C(\C=NC)CC. The fraction of sp³-hybridized carbons (Fsp3) is 0.545. The van der Waals surface area contributed by atoms with Crippen molar-refractivity contribution < 1.29 is 0 Å². The van der Waals surface area contributed by atoms with Crippen LogP contribution in [-0.4, -0.2) is 13.3 Å². The van der Waals surface area contributed by atoms with E-state index < -0.39 is 0 Å². The second-order valence-electron chi connectivity index (χ2n) is 3.49. The van der Waals surface area contributed by atoms with E-state index in [2.05, 4.69) is 38.4 Å². The number of nitrogens with zero attached hydrogens (tertiary/aromatic N) is 1. The molecule has 0 aromatic heterocycles. The van der Waals surface area contributed by atoms with Gasteiger partial charge in [-0.1, -0.05) is 32.9 Å². The molecule has 0 amide bonds. The molecule has 0 aromatic rings. The molecular weight excluding hydrogens is 146 g/mol. The van der Waals surface area contributed by atoms with Gasteiger partial charge in [0.25, 0.3) is 0 Å². The molecule has 0 saturated carbocycles. The fourth-order valence-electron chi connectivity index (χ4n) is 0.933. The highest BCUT2D eigenvalue weighted by Gasteiger charge is 2.08. The van der Waals surface area contributed by atoms with Crippen molar-refractivity contribution in [3.8, 4) is 0 Å². The Hall–Kier alpha value is -0.850. The van der Waals surface area contributed by atoms with Gasteiger partial charge in [-0.05, 0) is 12.0 Å². The van der Waals surface area contributed by atoms with E-state index in [9.17, 15) is 0 Å². The maximum atomic E-state index is 4.00. The third-order valence-corrected chi connectivity index (χ3v) is 1.79. The van der Waals surface area contributed by atoms with Crippen molar-refractivity contribution in [2.24, 2.45) is 10.4 Å². The Morgan fingerprint density at radius 2 is 2.08 bits per heavy atom. The molecule has 0 N–H and O–H groups in total. The van der Waals surface area contributed by atoms with Crippen LogP contribution in [0, 0.1) is 5.41 Å². The van der Waals surface area contributed by atoms with E-state index in [1.165, 1.54) is 5.57 Å². The fourth-order valence-corrected chi connectivity index (χ4v) is 0.933. The Balaban J connectivity index is 4.58. The Bertz CT molecular complexity index is 197. The molecule has 0 atom stereocenters. The first-order valence-electron chi connectivity index (χ1n) is 4.33. The average molecular weight is 165 g/mol. The lowest BCUT2D eigenvalue weighted by Crippen LogP contribution is -2.03. The molecule has 0 spiro atoms. The van der Waals surface area contributed by atoms with Gasteiger partial charge in [0.1, 0.15) is 0 Å². The summed E-state index contributed by atoms with van der Waals surface area (Å²) >= 11 is 0. The second-order valence-corrected chi connectivity index (χ2v) is 3.49. The van der Waals surface area contributed by atoms with Gasteiger partial charge in [0, 0.05) is 18.7 Å². The summed E-state index contributed by atoms with van der Waals surface area (Å²) in [6.45, 7) is 10.2. The summed E-state index contributed by atoms with van der Waals surface area (Å²) in [5.41, 5.74) is 1.34. The lowest BCUT2D eigenvalue weighted by Gasteiger charge is -2.15. The number of hydrogen-bond acceptors (Lipinski definition) is 1. The third kappa shape index (κ3) is 4.12. The first kappa shape index (κ1) is 11.2. The Kier molecular flexibility index (Phi) is 4.57. The number of hydrogen-bond donors (Lipinski definition) is 0. The molecule has 0 aliphatic carbocycles. The van der Waals surface area contributed by atoms with Gasteiger partial charge in [0.2, 0.25) is 0 Å². The number of allylic oxidation sites excluding steroid dienone is 3. The molecule has 1 nitrogen and oxygen atoms in total. The van der Waals surface area contributed by atoms with Crippen LogP contribution in [0.25, 0.3) is 0 Å². The summed E-state index contributed by atoms with van der Waals surface area (Å²) in [6.07, 6.45) is 7.08. The van der Waals surface area contributed by atoms with Gasteiger partial charge in [0.05, 0.1) is 0 Å². The zero-order valence-electron chi connectivity index (χ0n) is 8.59. The summed E-state index contributed by atoms with van der Waals surface area (Å²) in [5.74, 6) is 0. The van der Waals surface area contributed by atoms with Crippen molar-refractivity contribution in [2.75, 3.05) is 7.05 Å². The van der Waals surface area contributed by atoms with Gasteiger partial charge in [-0.15, -0.1) is 6.58 Å². The van der Waals surface area contributed by atoms with Crippen molar-refractivity contribution >= 4 is 6.21 Å². The topological polar surface area (TPSA) is 12.4 Å². The standard InChI is InChI=1S/C11H19N/c1-6-10(9-12-5)8-11(3,4)7-2/h7-9H,2,6H2,1,3-5H3/b10-8-,12-9?. The maximum absolute atomic E-state index is 4.00. The zero-order valence-corrected chi connectivity index (χ0v) is 8.59. The molecule has 12 heavy (non-hydrogen) atoms. The molecule has 0 unspecified atom stereocenters. The predicted octanol–water partition coefficient (Wildman–Crippen LogP) is 3.24. The predicted molar refractivity (Wildman–Crippen MR) is 56.8 cm³/mol. The van der Waals surface area contributed by atoms with Crippen LogP contribution in [0.3, 0.4) is 0 Å². The van der Waals surface area contributed by atoms with E-state index in [4.69, 9.17) is 0 Å². The van der Waals surface area contributed by atoms with E-state index in [-0.39, 0.29) is 5.41 Å². The summed E-state index contributed by atoms with van der Waals surface area (Å²) < 4.78 is 0. The van der Waals surface area contributed by atoms with E-state index >= 15 is 0 Å². The highest BCUT2D eigenvalue weighted by molar-refractivity contribution is 5.78. The summed E-state index contributed by atoms with van der Waals surface area (Å²) in [6, 6.07) is 0. The van der Waals surface area contributed by atoms with Crippen LogP contribution >= 0.6 is 0 Å². The van der Waals surface area contributed by atoms with Crippen LogP contribution in [0.4, 0.5) is 0 Å². The number of rotatable bonds is 4. The van der Waals surface area contributed by atoms with Gasteiger partial charge in [-0.3, -0.25) is 4.99 Å². The van der Waals surface area contributed by atoms with Crippen molar-refractivity contribution in [3.63, 3.8) is 0 Å². The lowest BCUT2D eigenvalue weighted by molar-refractivity contribution is 0.623. The van der Waals surface area contributed by atoms with Gasteiger partial charge in [0.15, 0.2) is 0 Å². The second kappa shape index (κ2) is 4.91. The van der Waals surface area contributed by atoms with Gasteiger partial charge >= 0.3 is 0 Å². The summed E-state index contributed by atoms with van der Waals surface area (Å²) in [4.78, 5) is 4.00. The Labute approximate surface area is 75.9 Å². The van der Waals surface area contributed by atoms with Crippen LogP contribution < -0.4 is 0 Å². The smallest absolute Gasteiger partial charge is 0.0277 e. The van der Waals surface area contributed by atoms with Crippen molar-refractivity contribution in [1.29, 1.82) is 0 Å². The lowest BCUT2D eigenvalue weighted by atomic mass is 9.90. The van der Waals surface area contributed by atoms with Crippen molar-refractivity contribution in [1.82, 2.24) is 0 Å². The molecular formula is C11H19N. The summed E-state index contributed by atoms with van der Waals surface area (Å²) in [5, 5.41) is 0. The van der Waals surface area contributed by atoms with Crippen LogP contribution in [0.15, 0.2) is 29.3 Å². The zero-order chi connectivity index (χ0) is 9.61. The van der Waals surface area contributed by atoms with Gasteiger partial charge in [-0.25, -0.2) is 0 Å². The molecule has 0 radical (unpaired) electrons. The van der Waals surface area contributed by atoms with E-state index in [0.29, 0.717) is 0 Å². The third-order valence-electron chi connectivity index (χ3n) is 1.79. The monoisotopic (exact) mass is 165 g/mol. The molecule has 0 saturated heterocycles. The van der Waals surface area contributed by atoms with Crippen LogP contribution in [-0.2, 0) is 0 Å². The maximum Gasteiger partial charge on any atom is 0.0277 e. The molecule has 0 fully saturated rings. The van der Waals surface area contributed by atoms with E-state index in [0.717, 1.165) is 6.42 Å². The summed E-state index contributed by atoms with van der Waals surface area (Å²) in [7, 11) is 1.80. The Morgan fingerprint density at radius 3 is 2.42 bits per heavy atom. The van der Waals surface area contributed by atoms with E-state index in [1.54, 1.807) is 7.05 Å². The minimum atomic E-state index is 0.0759. The van der Waals surface area contributed by atoms with Crippen LogP contribution in [0.5, 0.6) is 0 Å². The van der Waals surface area contributed by atoms with Crippen LogP contribution in [0.1, 0.15) is 27.2 Å². The molecule has 0 bridgehead atoms. The molecule has 0 heterocycles. The highest BCUT2D eigenvalue weighted by Crippen LogP contribution is 2.20. The first-order chi connectivity index (χ1) is 5.55. The molecule has 0 aromatic carbocycles. The van der Waals surface area contributed by atoms with Crippen LogP contribution in [0.2, 0.25) is 0 Å². The largest absolute Gasteiger partial charge is 0.296 e. The molecule has 68 valence electrons. The van der Waals surface area contributed by atoms with Gasteiger partial charge in [-0.2, -0.15) is 0 Å². The van der Waals surface area contributed by atoms with Crippen molar-refractivity contribution in [2.45, 2.75) is 27.2 Å². The first-order valence-corrected chi connectivity index (χ1v) is 4.33. The minimum Gasteiger partial charge on any atom is -0.296 e. The quantitative estimate of drug-likeness (QED) is 0.448. The number of aliphatic imine (C=N–C) groups is 1.